The summed E-state index contributed by atoms with van der Waals surface area (Å²) in [5, 5.41) is -2.39. The Kier molecular flexibility index (Phi) is 2.76. The summed E-state index contributed by atoms with van der Waals surface area (Å²) in [5.41, 5.74) is 0. The smallest absolute Gasteiger partial charge is 0.224 e. The molecule has 0 saturated heterocycles. The van der Waals surface area contributed by atoms with Gasteiger partial charge in [-0.05, 0) is 13.3 Å². The highest BCUT2D eigenvalue weighted by atomic mass is 32.2. The fourth-order valence-corrected chi connectivity index (χ4v) is 0.831. The molecule has 0 aromatic heterocycles. The molecule has 62 valence electrons. The van der Waals surface area contributed by atoms with Crippen molar-refractivity contribution in [3.8, 4) is 0 Å². The predicted molar refractivity (Wildman–Crippen MR) is 34.0 cm³/mol. The lowest BCUT2D eigenvalue weighted by Crippen LogP contribution is -2.32. The van der Waals surface area contributed by atoms with Crippen molar-refractivity contribution in [1.82, 2.24) is 0 Å². The van der Waals surface area contributed by atoms with Gasteiger partial charge < -0.3 is 0 Å². The molecule has 0 radical (unpaired) electrons. The molecule has 0 spiro atoms. The van der Waals surface area contributed by atoms with E-state index in [-0.39, 0.29) is 6.42 Å². The first-order valence-corrected chi connectivity index (χ1v) is 4.10. The van der Waals surface area contributed by atoms with E-state index in [9.17, 15) is 12.8 Å². The maximum absolute atomic E-state index is 12.8. The number of hydrogen-bond acceptors (Lipinski definition) is 4. The quantitative estimate of drug-likeness (QED) is 0.620. The van der Waals surface area contributed by atoms with Crippen LogP contribution >= 0.6 is 0 Å². The number of halogens is 1. The third kappa shape index (κ3) is 1.65. The lowest BCUT2D eigenvalue weighted by molar-refractivity contribution is 0.228. The maximum Gasteiger partial charge on any atom is 0.318 e. The molecule has 0 fully saturated rings. The van der Waals surface area contributed by atoms with Crippen molar-refractivity contribution in [3.63, 3.8) is 0 Å². The zero-order valence-corrected chi connectivity index (χ0v) is 6.61. The first-order chi connectivity index (χ1) is 4.37. The molecule has 0 bridgehead atoms. The fourth-order valence-electron chi connectivity index (χ4n) is 0.277. The summed E-state index contributed by atoms with van der Waals surface area (Å²) < 4.78 is 37.4. The van der Waals surface area contributed by atoms with Gasteiger partial charge in [0.1, 0.15) is 0 Å². The molecule has 1 atom stereocenters. The highest BCUT2D eigenvalue weighted by Gasteiger charge is 2.38. The van der Waals surface area contributed by atoms with Gasteiger partial charge in [-0.25, -0.2) is 4.39 Å². The second-order valence-corrected chi connectivity index (χ2v) is 3.96. The molecule has 0 aliphatic carbocycles. The Labute approximate surface area is 59.2 Å². The average Bonchev–Trinajstić information content (AvgIpc) is 1.88. The van der Waals surface area contributed by atoms with Crippen LogP contribution in [0, 0.1) is 0 Å². The van der Waals surface area contributed by atoms with Crippen LogP contribution < -0.4 is 5.90 Å². The number of alkyl halides is 1. The summed E-state index contributed by atoms with van der Waals surface area (Å²) in [4.78, 5) is 0. The van der Waals surface area contributed by atoms with E-state index in [1.807, 2.05) is 0 Å². The minimum Gasteiger partial charge on any atom is -0.224 e. The molecule has 0 amide bonds. The third-order valence-electron chi connectivity index (χ3n) is 1.28. The molecule has 0 aliphatic rings. The topological polar surface area (TPSA) is 69.4 Å². The second-order valence-electron chi connectivity index (χ2n) is 2.01. The van der Waals surface area contributed by atoms with Crippen molar-refractivity contribution < 1.29 is 17.1 Å². The SMILES string of the molecule is CCC(C)(F)S(=O)(=O)ON. The van der Waals surface area contributed by atoms with Gasteiger partial charge in [0.25, 0.3) is 0 Å². The van der Waals surface area contributed by atoms with Crippen LogP contribution in [0.1, 0.15) is 20.3 Å². The Morgan fingerprint density at radius 3 is 2.20 bits per heavy atom. The molecular weight excluding hydrogens is 161 g/mol. The van der Waals surface area contributed by atoms with Crippen molar-refractivity contribution in [3.05, 3.63) is 0 Å². The lowest BCUT2D eigenvalue weighted by atomic mass is 10.3. The van der Waals surface area contributed by atoms with Gasteiger partial charge in [-0.2, -0.15) is 18.6 Å². The van der Waals surface area contributed by atoms with Crippen LogP contribution in [0.2, 0.25) is 0 Å². The van der Waals surface area contributed by atoms with Gasteiger partial charge in [-0.15, -0.1) is 0 Å². The van der Waals surface area contributed by atoms with E-state index in [0.717, 1.165) is 6.92 Å². The van der Waals surface area contributed by atoms with Crippen molar-refractivity contribution in [2.24, 2.45) is 5.90 Å². The monoisotopic (exact) mass is 171 g/mol. The maximum atomic E-state index is 12.8. The molecule has 0 aromatic rings. The van der Waals surface area contributed by atoms with Gasteiger partial charge >= 0.3 is 10.1 Å². The number of hydrogen-bond donors (Lipinski definition) is 1. The summed E-state index contributed by atoms with van der Waals surface area (Å²) >= 11 is 0. The molecule has 0 rings (SSSR count). The predicted octanol–water partition coefficient (Wildman–Crippen LogP) is 0.302. The third-order valence-corrected chi connectivity index (χ3v) is 2.86. The highest BCUT2D eigenvalue weighted by molar-refractivity contribution is 7.87. The van der Waals surface area contributed by atoms with Gasteiger partial charge in [-0.1, -0.05) is 6.92 Å². The molecule has 1 unspecified atom stereocenters. The first-order valence-electron chi connectivity index (χ1n) is 2.69. The Bertz CT molecular complexity index is 199. The van der Waals surface area contributed by atoms with Crippen LogP contribution in [0.3, 0.4) is 0 Å². The van der Waals surface area contributed by atoms with Crippen molar-refractivity contribution >= 4 is 10.1 Å². The standard InChI is InChI=1S/C4H10FNO3S/c1-3-4(2,5)10(7,8)9-6/h3,6H2,1-2H3. The zero-order valence-electron chi connectivity index (χ0n) is 5.80. The van der Waals surface area contributed by atoms with Gasteiger partial charge in [0, 0.05) is 0 Å². The Morgan fingerprint density at radius 2 is 2.10 bits per heavy atom. The molecule has 10 heavy (non-hydrogen) atoms. The summed E-state index contributed by atoms with van der Waals surface area (Å²) in [6, 6.07) is 0. The molecule has 6 heteroatoms. The minimum atomic E-state index is -4.24. The zero-order chi connectivity index (χ0) is 8.41. The van der Waals surface area contributed by atoms with E-state index in [1.165, 1.54) is 6.92 Å². The second kappa shape index (κ2) is 2.81. The Balaban J connectivity index is 4.64. The van der Waals surface area contributed by atoms with E-state index >= 15 is 0 Å². The van der Waals surface area contributed by atoms with Crippen molar-refractivity contribution in [2.75, 3.05) is 0 Å². The van der Waals surface area contributed by atoms with Gasteiger partial charge in [0.15, 0.2) is 0 Å². The van der Waals surface area contributed by atoms with Gasteiger partial charge in [0.05, 0.1) is 0 Å². The van der Waals surface area contributed by atoms with Gasteiger partial charge in [0.2, 0.25) is 5.00 Å². The average molecular weight is 171 g/mol. The van der Waals surface area contributed by atoms with E-state index < -0.39 is 15.1 Å². The summed E-state index contributed by atoms with van der Waals surface area (Å²) in [6.07, 6.45) is -0.188. The largest absolute Gasteiger partial charge is 0.318 e. The molecule has 0 aliphatic heterocycles. The molecular formula is C4H10FNO3S. The van der Waals surface area contributed by atoms with Crippen LogP contribution in [0.5, 0.6) is 0 Å². The molecule has 4 nitrogen and oxygen atoms in total. The van der Waals surface area contributed by atoms with Crippen LogP contribution in [0.15, 0.2) is 0 Å². The lowest BCUT2D eigenvalue weighted by Gasteiger charge is -2.15. The summed E-state index contributed by atoms with van der Waals surface area (Å²) in [6.45, 7) is 2.28. The first kappa shape index (κ1) is 9.80. The van der Waals surface area contributed by atoms with E-state index in [1.54, 1.807) is 0 Å². The molecule has 0 aromatic carbocycles. The van der Waals surface area contributed by atoms with Crippen LogP contribution in [-0.4, -0.2) is 13.4 Å². The fraction of sp³-hybridized carbons (Fsp3) is 1.00. The minimum absolute atomic E-state index is 0.188. The van der Waals surface area contributed by atoms with E-state index in [0.29, 0.717) is 0 Å². The van der Waals surface area contributed by atoms with Crippen molar-refractivity contribution in [1.29, 1.82) is 0 Å². The summed E-state index contributed by atoms with van der Waals surface area (Å²) in [5.74, 6) is 4.34. The number of rotatable bonds is 3. The highest BCUT2D eigenvalue weighted by Crippen LogP contribution is 2.22. The van der Waals surface area contributed by atoms with E-state index in [4.69, 9.17) is 0 Å². The molecule has 0 heterocycles. The van der Waals surface area contributed by atoms with Gasteiger partial charge in [-0.3, -0.25) is 0 Å². The van der Waals surface area contributed by atoms with E-state index in [2.05, 4.69) is 10.2 Å². The van der Waals surface area contributed by atoms with Crippen LogP contribution in [0.25, 0.3) is 0 Å². The normalized spacial score (nSPS) is 18.4. The Hall–Kier alpha value is -0.200. The Morgan fingerprint density at radius 1 is 1.70 bits per heavy atom. The van der Waals surface area contributed by atoms with Crippen LogP contribution in [-0.2, 0) is 14.4 Å². The van der Waals surface area contributed by atoms with Crippen molar-refractivity contribution in [2.45, 2.75) is 25.3 Å². The molecule has 0 saturated carbocycles. The number of nitrogens with two attached hydrogens (primary N) is 1. The van der Waals surface area contributed by atoms with Crippen LogP contribution in [0.4, 0.5) is 4.39 Å². The summed E-state index contributed by atoms with van der Waals surface area (Å²) in [7, 11) is -4.24. The molecule has 2 N–H and O–H groups in total.